The van der Waals surface area contributed by atoms with Crippen LogP contribution in [0.25, 0.3) is 10.9 Å². The Hall–Kier alpha value is -1.49. The van der Waals surface area contributed by atoms with Gasteiger partial charge in [0, 0.05) is 11.6 Å². The molecular formula is C11H10FNO2S. The van der Waals surface area contributed by atoms with E-state index in [4.69, 9.17) is 0 Å². The normalized spacial score (nSPS) is 11.9. The third-order valence-electron chi connectivity index (χ3n) is 2.48. The van der Waals surface area contributed by atoms with E-state index in [1.54, 1.807) is 25.1 Å². The molecule has 0 saturated heterocycles. The van der Waals surface area contributed by atoms with Crippen LogP contribution in [0.1, 0.15) is 11.1 Å². The topological polar surface area (TPSA) is 47.0 Å². The Labute approximate surface area is 93.1 Å². The number of benzene rings is 1. The highest BCUT2D eigenvalue weighted by Crippen LogP contribution is 2.28. The Morgan fingerprint density at radius 1 is 1.25 bits per heavy atom. The van der Waals surface area contributed by atoms with Gasteiger partial charge in [-0.25, -0.2) is 0 Å². The lowest BCUT2D eigenvalue weighted by Crippen LogP contribution is -2.00. The molecule has 3 nitrogen and oxygen atoms in total. The number of hydrogen-bond donors (Lipinski definition) is 0. The predicted molar refractivity (Wildman–Crippen MR) is 59.5 cm³/mol. The van der Waals surface area contributed by atoms with E-state index in [1.807, 2.05) is 6.92 Å². The number of aryl methyl sites for hydroxylation is 2. The molecule has 2 rings (SSSR count). The van der Waals surface area contributed by atoms with E-state index in [2.05, 4.69) is 4.98 Å². The van der Waals surface area contributed by atoms with Gasteiger partial charge in [0.05, 0.1) is 5.52 Å². The van der Waals surface area contributed by atoms with E-state index in [0.29, 0.717) is 10.9 Å². The number of nitrogens with zero attached hydrogens (tertiary/aromatic N) is 1. The minimum Gasteiger partial charge on any atom is -0.255 e. The SMILES string of the molecule is Cc1cc(C)c2cccnc2c1S(=O)(=O)F. The van der Waals surface area contributed by atoms with Crippen LogP contribution >= 0.6 is 0 Å². The summed E-state index contributed by atoms with van der Waals surface area (Å²) in [7, 11) is -4.74. The molecule has 1 heterocycles. The van der Waals surface area contributed by atoms with Gasteiger partial charge in [0.1, 0.15) is 4.90 Å². The molecule has 1 aromatic carbocycles. The van der Waals surface area contributed by atoms with Gasteiger partial charge in [0.25, 0.3) is 0 Å². The maximum Gasteiger partial charge on any atom is 0.334 e. The summed E-state index contributed by atoms with van der Waals surface area (Å²) in [4.78, 5) is 3.62. The quantitative estimate of drug-likeness (QED) is 0.718. The summed E-state index contributed by atoms with van der Waals surface area (Å²) >= 11 is 0. The molecule has 0 radical (unpaired) electrons. The van der Waals surface area contributed by atoms with Crippen LogP contribution in [-0.4, -0.2) is 13.4 Å². The van der Waals surface area contributed by atoms with Crippen molar-refractivity contribution in [2.24, 2.45) is 0 Å². The molecule has 0 aliphatic carbocycles. The number of pyridine rings is 1. The molecule has 5 heteroatoms. The Bertz CT molecular complexity index is 665. The molecule has 0 N–H and O–H groups in total. The summed E-state index contributed by atoms with van der Waals surface area (Å²) in [6.07, 6.45) is 1.45. The summed E-state index contributed by atoms with van der Waals surface area (Å²) in [5.74, 6) is 0. The van der Waals surface area contributed by atoms with Crippen molar-refractivity contribution in [3.8, 4) is 0 Å². The number of aromatic nitrogens is 1. The second kappa shape index (κ2) is 3.52. The molecule has 0 amide bonds. The maximum atomic E-state index is 13.2. The smallest absolute Gasteiger partial charge is 0.255 e. The third kappa shape index (κ3) is 1.67. The summed E-state index contributed by atoms with van der Waals surface area (Å²) < 4.78 is 35.3. The van der Waals surface area contributed by atoms with Crippen molar-refractivity contribution in [1.82, 2.24) is 4.98 Å². The fraction of sp³-hybridized carbons (Fsp3) is 0.182. The van der Waals surface area contributed by atoms with Crippen LogP contribution in [0.5, 0.6) is 0 Å². The molecule has 2 aromatic rings. The van der Waals surface area contributed by atoms with Crippen LogP contribution in [0.15, 0.2) is 29.3 Å². The summed E-state index contributed by atoms with van der Waals surface area (Å²) in [6, 6.07) is 5.07. The van der Waals surface area contributed by atoms with Crippen molar-refractivity contribution in [3.05, 3.63) is 35.5 Å². The Morgan fingerprint density at radius 2 is 1.94 bits per heavy atom. The third-order valence-corrected chi connectivity index (χ3v) is 3.49. The first kappa shape index (κ1) is 11.0. The van der Waals surface area contributed by atoms with E-state index in [-0.39, 0.29) is 10.4 Å². The van der Waals surface area contributed by atoms with E-state index in [0.717, 1.165) is 5.56 Å². The maximum absolute atomic E-state index is 13.2. The summed E-state index contributed by atoms with van der Waals surface area (Å²) in [5.41, 5.74) is 1.46. The summed E-state index contributed by atoms with van der Waals surface area (Å²) in [6.45, 7) is 3.40. The molecule has 16 heavy (non-hydrogen) atoms. The zero-order valence-corrected chi connectivity index (χ0v) is 9.68. The molecule has 0 aliphatic heterocycles. The van der Waals surface area contributed by atoms with Crippen molar-refractivity contribution in [2.45, 2.75) is 18.7 Å². The fourth-order valence-electron chi connectivity index (χ4n) is 1.87. The minimum absolute atomic E-state index is 0.197. The van der Waals surface area contributed by atoms with Crippen LogP contribution in [0.4, 0.5) is 3.89 Å². The van der Waals surface area contributed by atoms with Crippen molar-refractivity contribution < 1.29 is 12.3 Å². The zero-order chi connectivity index (χ0) is 11.9. The second-order valence-corrected chi connectivity index (χ2v) is 4.96. The number of hydrogen-bond acceptors (Lipinski definition) is 3. The molecule has 0 aliphatic rings. The van der Waals surface area contributed by atoms with Gasteiger partial charge in [-0.2, -0.15) is 8.42 Å². The monoisotopic (exact) mass is 239 g/mol. The van der Waals surface area contributed by atoms with Gasteiger partial charge in [-0.05, 0) is 31.0 Å². The van der Waals surface area contributed by atoms with Crippen molar-refractivity contribution >= 4 is 21.1 Å². The van der Waals surface area contributed by atoms with Crippen LogP contribution in [0.2, 0.25) is 0 Å². The van der Waals surface area contributed by atoms with Crippen molar-refractivity contribution in [2.75, 3.05) is 0 Å². The first-order valence-corrected chi connectivity index (χ1v) is 6.09. The van der Waals surface area contributed by atoms with E-state index >= 15 is 0 Å². The molecule has 0 bridgehead atoms. The van der Waals surface area contributed by atoms with E-state index in [1.165, 1.54) is 6.20 Å². The molecule has 1 aromatic heterocycles. The first-order valence-electron chi connectivity index (χ1n) is 4.71. The van der Waals surface area contributed by atoms with Crippen molar-refractivity contribution in [1.29, 1.82) is 0 Å². The molecule has 84 valence electrons. The molecule has 0 fully saturated rings. The van der Waals surface area contributed by atoms with Crippen LogP contribution < -0.4 is 0 Å². The van der Waals surface area contributed by atoms with Gasteiger partial charge in [0.15, 0.2) is 0 Å². The molecule has 0 atom stereocenters. The highest BCUT2D eigenvalue weighted by atomic mass is 32.3. The lowest BCUT2D eigenvalue weighted by atomic mass is 10.1. The van der Waals surface area contributed by atoms with Gasteiger partial charge in [-0.3, -0.25) is 4.98 Å². The van der Waals surface area contributed by atoms with Gasteiger partial charge in [-0.1, -0.05) is 12.1 Å². The average molecular weight is 239 g/mol. The zero-order valence-electron chi connectivity index (χ0n) is 8.86. The molecule has 0 spiro atoms. The standard InChI is InChI=1S/C11H10FNO2S/c1-7-6-8(2)11(16(12,14)15)10-9(7)4-3-5-13-10/h3-6H,1-2H3. The Morgan fingerprint density at radius 3 is 2.56 bits per heavy atom. The van der Waals surface area contributed by atoms with Gasteiger partial charge >= 0.3 is 10.2 Å². The van der Waals surface area contributed by atoms with Gasteiger partial charge < -0.3 is 0 Å². The summed E-state index contributed by atoms with van der Waals surface area (Å²) in [5, 5.41) is 0.657. The highest BCUT2D eigenvalue weighted by molar-refractivity contribution is 7.86. The van der Waals surface area contributed by atoms with E-state index < -0.39 is 10.2 Å². The first-order chi connectivity index (χ1) is 7.41. The molecular weight excluding hydrogens is 229 g/mol. The highest BCUT2D eigenvalue weighted by Gasteiger charge is 2.20. The van der Waals surface area contributed by atoms with Crippen LogP contribution in [0.3, 0.4) is 0 Å². The average Bonchev–Trinajstić information content (AvgIpc) is 2.15. The molecule has 0 saturated carbocycles. The van der Waals surface area contributed by atoms with Gasteiger partial charge in [0.2, 0.25) is 0 Å². The van der Waals surface area contributed by atoms with Crippen LogP contribution in [-0.2, 0) is 10.2 Å². The second-order valence-electron chi connectivity index (χ2n) is 3.68. The number of halogens is 1. The largest absolute Gasteiger partial charge is 0.334 e. The lowest BCUT2D eigenvalue weighted by molar-refractivity contribution is 0.552. The number of rotatable bonds is 1. The van der Waals surface area contributed by atoms with Crippen LogP contribution in [0, 0.1) is 13.8 Å². The number of fused-ring (bicyclic) bond motifs is 1. The lowest BCUT2D eigenvalue weighted by Gasteiger charge is -2.08. The molecule has 0 unspecified atom stereocenters. The fourth-order valence-corrected chi connectivity index (χ4v) is 2.70. The Kier molecular flexibility index (Phi) is 2.42. The van der Waals surface area contributed by atoms with Crippen molar-refractivity contribution in [3.63, 3.8) is 0 Å². The van der Waals surface area contributed by atoms with Gasteiger partial charge in [-0.15, -0.1) is 3.89 Å². The predicted octanol–water partition coefficient (Wildman–Crippen LogP) is 2.51. The minimum atomic E-state index is -4.74. The van der Waals surface area contributed by atoms with E-state index in [9.17, 15) is 12.3 Å². The Balaban J connectivity index is 3.05.